The van der Waals surface area contributed by atoms with Crippen molar-refractivity contribution in [2.24, 2.45) is 0 Å². The Morgan fingerprint density at radius 2 is 2.16 bits per heavy atom. The van der Waals surface area contributed by atoms with E-state index >= 15 is 0 Å². The van der Waals surface area contributed by atoms with Gasteiger partial charge in [-0.2, -0.15) is 4.98 Å². The minimum atomic E-state index is -0.306. The Bertz CT molecular complexity index is 538. The van der Waals surface area contributed by atoms with Crippen LogP contribution in [0.3, 0.4) is 0 Å². The van der Waals surface area contributed by atoms with Crippen molar-refractivity contribution < 1.29 is 8.91 Å². The summed E-state index contributed by atoms with van der Waals surface area (Å²) in [5, 5.41) is 4.24. The van der Waals surface area contributed by atoms with Crippen molar-refractivity contribution in [2.75, 3.05) is 7.05 Å². The molecule has 0 bridgehead atoms. The number of aryl methyl sites for hydroxylation is 1. The molecule has 0 unspecified atom stereocenters. The highest BCUT2D eigenvalue weighted by Gasteiger charge is 2.12. The zero-order valence-corrected chi connectivity index (χ0v) is 11.6. The van der Waals surface area contributed by atoms with Gasteiger partial charge in [0, 0.05) is 23.6 Å². The van der Waals surface area contributed by atoms with Crippen molar-refractivity contribution in [3.8, 4) is 0 Å². The molecule has 0 aliphatic rings. The molecule has 0 saturated carbocycles. The maximum atomic E-state index is 13.6. The minimum absolute atomic E-state index is 0.306. The summed E-state index contributed by atoms with van der Waals surface area (Å²) in [6.45, 7) is 2.80. The first-order chi connectivity index (χ1) is 9.10. The van der Waals surface area contributed by atoms with Gasteiger partial charge in [0.05, 0.1) is 6.54 Å². The largest absolute Gasteiger partial charge is 0.338 e. The van der Waals surface area contributed by atoms with Crippen LogP contribution in [0.25, 0.3) is 0 Å². The number of halogens is 2. The number of aromatic nitrogens is 2. The number of rotatable bonds is 5. The third-order valence-corrected chi connectivity index (χ3v) is 3.08. The van der Waals surface area contributed by atoms with Crippen LogP contribution >= 0.6 is 11.6 Å². The second kappa shape index (κ2) is 6.12. The fraction of sp³-hybridized carbons (Fsp3) is 0.385. The van der Waals surface area contributed by atoms with Crippen molar-refractivity contribution in [3.63, 3.8) is 0 Å². The first-order valence-electron chi connectivity index (χ1n) is 6.03. The van der Waals surface area contributed by atoms with Gasteiger partial charge >= 0.3 is 0 Å². The summed E-state index contributed by atoms with van der Waals surface area (Å²) >= 11 is 5.99. The maximum absolute atomic E-state index is 13.6. The van der Waals surface area contributed by atoms with Gasteiger partial charge in [-0.3, -0.25) is 4.90 Å². The van der Waals surface area contributed by atoms with Gasteiger partial charge in [-0.05, 0) is 19.2 Å². The third kappa shape index (κ3) is 3.52. The lowest BCUT2D eigenvalue weighted by atomic mass is 10.2. The van der Waals surface area contributed by atoms with E-state index in [4.69, 9.17) is 16.1 Å². The van der Waals surface area contributed by atoms with Crippen LogP contribution in [0.1, 0.15) is 24.2 Å². The smallest absolute Gasteiger partial charge is 0.240 e. The molecule has 0 saturated heterocycles. The van der Waals surface area contributed by atoms with E-state index in [9.17, 15) is 4.39 Å². The van der Waals surface area contributed by atoms with Crippen LogP contribution < -0.4 is 0 Å². The molecule has 0 radical (unpaired) electrons. The summed E-state index contributed by atoms with van der Waals surface area (Å²) in [6, 6.07) is 4.67. The first kappa shape index (κ1) is 14.0. The average molecular weight is 284 g/mol. The van der Waals surface area contributed by atoms with E-state index in [2.05, 4.69) is 10.1 Å². The quantitative estimate of drug-likeness (QED) is 0.846. The van der Waals surface area contributed by atoms with E-state index in [1.165, 1.54) is 6.07 Å². The van der Waals surface area contributed by atoms with Gasteiger partial charge in [-0.15, -0.1) is 0 Å². The van der Waals surface area contributed by atoms with Gasteiger partial charge in [0.25, 0.3) is 0 Å². The van der Waals surface area contributed by atoms with Crippen molar-refractivity contribution in [3.05, 3.63) is 46.3 Å². The minimum Gasteiger partial charge on any atom is -0.338 e. The lowest BCUT2D eigenvalue weighted by molar-refractivity contribution is 0.257. The van der Waals surface area contributed by atoms with E-state index in [0.29, 0.717) is 35.4 Å². The predicted octanol–water partition coefficient (Wildman–Crippen LogP) is 3.06. The molecule has 4 nitrogen and oxygen atoms in total. The molecule has 0 aliphatic carbocycles. The second-order valence-corrected chi connectivity index (χ2v) is 4.74. The second-order valence-electron chi connectivity index (χ2n) is 4.33. The van der Waals surface area contributed by atoms with E-state index < -0.39 is 0 Å². The third-order valence-electron chi connectivity index (χ3n) is 2.72. The van der Waals surface area contributed by atoms with Crippen molar-refractivity contribution in [1.82, 2.24) is 15.0 Å². The highest BCUT2D eigenvalue weighted by atomic mass is 35.5. The van der Waals surface area contributed by atoms with E-state index in [-0.39, 0.29) is 5.82 Å². The lowest BCUT2D eigenvalue weighted by Gasteiger charge is -2.15. The Balaban J connectivity index is 2.03. The van der Waals surface area contributed by atoms with Crippen LogP contribution in [0.5, 0.6) is 0 Å². The molecule has 0 spiro atoms. The number of hydrogen-bond acceptors (Lipinski definition) is 4. The first-order valence-corrected chi connectivity index (χ1v) is 6.40. The molecule has 102 valence electrons. The molecule has 1 heterocycles. The summed E-state index contributed by atoms with van der Waals surface area (Å²) in [5.74, 6) is 0.887. The Morgan fingerprint density at radius 3 is 2.79 bits per heavy atom. The molecule has 19 heavy (non-hydrogen) atoms. The fourth-order valence-corrected chi connectivity index (χ4v) is 1.96. The standard InChI is InChI=1S/C13H15ClFN3O/c1-3-12-16-13(19-17-12)8-18(2)7-9-10(14)5-4-6-11(9)15/h4-6H,3,7-8H2,1-2H3. The van der Waals surface area contributed by atoms with Gasteiger partial charge < -0.3 is 4.52 Å². The van der Waals surface area contributed by atoms with Crippen LogP contribution in [-0.2, 0) is 19.5 Å². The molecule has 6 heteroatoms. The zero-order chi connectivity index (χ0) is 13.8. The normalized spacial score (nSPS) is 11.2. The molecule has 2 rings (SSSR count). The van der Waals surface area contributed by atoms with Crippen molar-refractivity contribution >= 4 is 11.6 Å². The molecule has 0 aliphatic heterocycles. The van der Waals surface area contributed by atoms with Gasteiger partial charge in [-0.25, -0.2) is 4.39 Å². The van der Waals surface area contributed by atoms with Crippen LogP contribution in [0, 0.1) is 5.82 Å². The molecule has 2 aromatic rings. The zero-order valence-electron chi connectivity index (χ0n) is 10.9. The average Bonchev–Trinajstić information content (AvgIpc) is 2.81. The summed E-state index contributed by atoms with van der Waals surface area (Å²) < 4.78 is 18.7. The van der Waals surface area contributed by atoms with Crippen LogP contribution in [0.2, 0.25) is 5.02 Å². The summed E-state index contributed by atoms with van der Waals surface area (Å²) in [7, 11) is 1.85. The van der Waals surface area contributed by atoms with Gasteiger partial charge in [0.2, 0.25) is 5.89 Å². The van der Waals surface area contributed by atoms with Gasteiger partial charge in [-0.1, -0.05) is 29.7 Å². The summed E-state index contributed by atoms with van der Waals surface area (Å²) in [6.07, 6.45) is 0.729. The molecule has 0 atom stereocenters. The van der Waals surface area contributed by atoms with Crippen molar-refractivity contribution in [1.29, 1.82) is 0 Å². The van der Waals surface area contributed by atoms with Gasteiger partial charge in [0.1, 0.15) is 5.82 Å². The molecule has 1 aromatic heterocycles. The molecule has 1 aromatic carbocycles. The van der Waals surface area contributed by atoms with Crippen LogP contribution in [0.4, 0.5) is 4.39 Å². The molecular formula is C13H15ClFN3O. The van der Waals surface area contributed by atoms with Crippen LogP contribution in [0.15, 0.2) is 22.7 Å². The van der Waals surface area contributed by atoms with Crippen molar-refractivity contribution in [2.45, 2.75) is 26.4 Å². The SMILES string of the molecule is CCc1noc(CN(C)Cc2c(F)cccc2Cl)n1. The summed E-state index contributed by atoms with van der Waals surface area (Å²) in [4.78, 5) is 6.08. The number of hydrogen-bond donors (Lipinski definition) is 0. The monoisotopic (exact) mass is 283 g/mol. The molecule has 0 N–H and O–H groups in total. The number of benzene rings is 1. The fourth-order valence-electron chi connectivity index (χ4n) is 1.74. The Labute approximate surface area is 116 Å². The summed E-state index contributed by atoms with van der Waals surface area (Å²) in [5.41, 5.74) is 0.474. The lowest BCUT2D eigenvalue weighted by Crippen LogP contribution is -2.18. The molecule has 0 amide bonds. The number of nitrogens with zero attached hydrogens (tertiary/aromatic N) is 3. The van der Waals surface area contributed by atoms with E-state index in [1.54, 1.807) is 12.1 Å². The predicted molar refractivity (Wildman–Crippen MR) is 70.3 cm³/mol. The topological polar surface area (TPSA) is 42.2 Å². The molecular weight excluding hydrogens is 269 g/mol. The van der Waals surface area contributed by atoms with Crippen LogP contribution in [-0.4, -0.2) is 22.1 Å². The Kier molecular flexibility index (Phi) is 4.50. The Hall–Kier alpha value is -1.46. The van der Waals surface area contributed by atoms with Gasteiger partial charge in [0.15, 0.2) is 5.82 Å². The highest BCUT2D eigenvalue weighted by molar-refractivity contribution is 6.31. The maximum Gasteiger partial charge on any atom is 0.240 e. The Morgan fingerprint density at radius 1 is 1.37 bits per heavy atom. The van der Waals surface area contributed by atoms with E-state index in [1.807, 2.05) is 18.9 Å². The highest BCUT2D eigenvalue weighted by Crippen LogP contribution is 2.20. The van der Waals surface area contributed by atoms with E-state index in [0.717, 1.165) is 6.42 Å². The molecule has 0 fully saturated rings.